The predicted octanol–water partition coefficient (Wildman–Crippen LogP) is 3.79. The van der Waals surface area contributed by atoms with E-state index in [2.05, 4.69) is 82.7 Å². The number of aryl methyl sites for hydroxylation is 1. The van der Waals surface area contributed by atoms with E-state index in [-0.39, 0.29) is 0 Å². The minimum Gasteiger partial charge on any atom is -0.356 e. The molecular formula is C22H26N4. The Balaban J connectivity index is 1.61. The second kappa shape index (κ2) is 8.48. The Kier molecular flexibility index (Phi) is 5.84. The van der Waals surface area contributed by atoms with Gasteiger partial charge in [-0.3, -0.25) is 9.98 Å². The second-order valence-corrected chi connectivity index (χ2v) is 6.50. The van der Waals surface area contributed by atoms with Crippen LogP contribution in [0.4, 0.5) is 0 Å². The van der Waals surface area contributed by atoms with Crippen LogP contribution in [0.1, 0.15) is 16.7 Å². The van der Waals surface area contributed by atoms with Crippen molar-refractivity contribution in [2.45, 2.75) is 19.9 Å². The topological polar surface area (TPSA) is 40.5 Å². The molecule has 1 heterocycles. The number of hydrogen-bond acceptors (Lipinski definition) is 2. The summed E-state index contributed by atoms with van der Waals surface area (Å²) < 4.78 is 0. The molecule has 0 atom stereocenters. The highest BCUT2D eigenvalue weighted by molar-refractivity contribution is 5.82. The Morgan fingerprint density at radius 3 is 2.62 bits per heavy atom. The first-order chi connectivity index (χ1) is 12.7. The predicted molar refractivity (Wildman–Crippen MR) is 109 cm³/mol. The van der Waals surface area contributed by atoms with E-state index in [1.54, 1.807) is 0 Å². The van der Waals surface area contributed by atoms with Gasteiger partial charge in [0.15, 0.2) is 5.96 Å². The van der Waals surface area contributed by atoms with Crippen LogP contribution in [0.25, 0.3) is 10.9 Å². The summed E-state index contributed by atoms with van der Waals surface area (Å²) >= 11 is 0. The van der Waals surface area contributed by atoms with Crippen molar-refractivity contribution in [1.29, 1.82) is 0 Å². The lowest BCUT2D eigenvalue weighted by atomic mass is 10.1. The zero-order valence-electron chi connectivity index (χ0n) is 15.7. The molecule has 4 heteroatoms. The maximum atomic E-state index is 4.53. The lowest BCUT2D eigenvalue weighted by Gasteiger charge is -2.23. The van der Waals surface area contributed by atoms with Crippen molar-refractivity contribution >= 4 is 16.9 Å². The first kappa shape index (κ1) is 17.9. The molecule has 1 aromatic heterocycles. The van der Waals surface area contributed by atoms with Crippen molar-refractivity contribution in [2.24, 2.45) is 4.99 Å². The summed E-state index contributed by atoms with van der Waals surface area (Å²) in [5, 5.41) is 4.66. The fourth-order valence-electron chi connectivity index (χ4n) is 3.18. The van der Waals surface area contributed by atoms with E-state index in [4.69, 9.17) is 0 Å². The summed E-state index contributed by atoms with van der Waals surface area (Å²) in [4.78, 5) is 11.1. The molecular weight excluding hydrogens is 320 g/mol. The van der Waals surface area contributed by atoms with Crippen molar-refractivity contribution in [2.75, 3.05) is 20.6 Å². The van der Waals surface area contributed by atoms with E-state index in [9.17, 15) is 0 Å². The van der Waals surface area contributed by atoms with Gasteiger partial charge in [0.1, 0.15) is 0 Å². The van der Waals surface area contributed by atoms with Crippen LogP contribution in [0, 0.1) is 6.92 Å². The maximum absolute atomic E-state index is 4.53. The van der Waals surface area contributed by atoms with E-state index in [0.29, 0.717) is 0 Å². The SMILES string of the molecule is CN=C(NCCc1cccc2cccnc12)N(C)Cc1ccccc1C. The molecule has 0 aliphatic heterocycles. The summed E-state index contributed by atoms with van der Waals surface area (Å²) in [6.07, 6.45) is 2.76. The van der Waals surface area contributed by atoms with Crippen LogP contribution in [-0.2, 0) is 13.0 Å². The van der Waals surface area contributed by atoms with E-state index in [1.807, 2.05) is 19.3 Å². The van der Waals surface area contributed by atoms with Crippen LogP contribution in [0.5, 0.6) is 0 Å². The number of aliphatic imine (C=N–C) groups is 1. The average molecular weight is 346 g/mol. The number of fused-ring (bicyclic) bond motifs is 1. The van der Waals surface area contributed by atoms with E-state index in [1.165, 1.54) is 22.1 Å². The van der Waals surface area contributed by atoms with Gasteiger partial charge in [-0.15, -0.1) is 0 Å². The van der Waals surface area contributed by atoms with Gasteiger partial charge in [0.25, 0.3) is 0 Å². The van der Waals surface area contributed by atoms with Gasteiger partial charge >= 0.3 is 0 Å². The van der Waals surface area contributed by atoms with Gasteiger partial charge in [-0.25, -0.2) is 0 Å². The molecule has 0 fully saturated rings. The molecule has 3 aromatic rings. The number of nitrogens with one attached hydrogen (secondary N) is 1. The van der Waals surface area contributed by atoms with Crippen LogP contribution in [0.3, 0.4) is 0 Å². The largest absolute Gasteiger partial charge is 0.356 e. The van der Waals surface area contributed by atoms with Crippen molar-refractivity contribution in [3.8, 4) is 0 Å². The van der Waals surface area contributed by atoms with Gasteiger partial charge in [-0.2, -0.15) is 0 Å². The first-order valence-corrected chi connectivity index (χ1v) is 8.98. The number of para-hydroxylation sites is 1. The molecule has 0 unspecified atom stereocenters. The molecule has 26 heavy (non-hydrogen) atoms. The van der Waals surface area contributed by atoms with Crippen molar-refractivity contribution in [3.05, 3.63) is 77.5 Å². The Hall–Kier alpha value is -2.88. The van der Waals surface area contributed by atoms with Crippen LogP contribution in [0.2, 0.25) is 0 Å². The molecule has 134 valence electrons. The number of aromatic nitrogens is 1. The standard InChI is InChI=1S/C22H26N4/c1-17-8-4-5-9-20(17)16-26(3)22(23-2)25-15-13-19-11-6-10-18-12-7-14-24-21(18)19/h4-12,14H,13,15-16H2,1-3H3,(H,23,25). The molecule has 1 N–H and O–H groups in total. The molecule has 0 saturated carbocycles. The number of guanidine groups is 1. The number of nitrogens with zero attached hydrogens (tertiary/aromatic N) is 3. The van der Waals surface area contributed by atoms with Crippen molar-refractivity contribution in [3.63, 3.8) is 0 Å². The average Bonchev–Trinajstić information content (AvgIpc) is 2.67. The molecule has 0 radical (unpaired) electrons. The summed E-state index contributed by atoms with van der Waals surface area (Å²) in [7, 11) is 3.90. The smallest absolute Gasteiger partial charge is 0.193 e. The third-order valence-corrected chi connectivity index (χ3v) is 4.64. The van der Waals surface area contributed by atoms with E-state index >= 15 is 0 Å². The summed E-state index contributed by atoms with van der Waals surface area (Å²) in [6.45, 7) is 3.80. The van der Waals surface area contributed by atoms with Gasteiger partial charge in [0.2, 0.25) is 0 Å². The molecule has 0 bridgehead atoms. The van der Waals surface area contributed by atoms with Gasteiger partial charge in [-0.1, -0.05) is 48.5 Å². The number of rotatable bonds is 5. The van der Waals surface area contributed by atoms with Gasteiger partial charge in [0.05, 0.1) is 5.52 Å². The molecule has 0 saturated heterocycles. The molecule has 4 nitrogen and oxygen atoms in total. The fourth-order valence-corrected chi connectivity index (χ4v) is 3.18. The van der Waals surface area contributed by atoms with E-state index < -0.39 is 0 Å². The van der Waals surface area contributed by atoms with Crippen LogP contribution in [0.15, 0.2) is 65.8 Å². The molecule has 3 rings (SSSR count). The highest BCUT2D eigenvalue weighted by atomic mass is 15.3. The van der Waals surface area contributed by atoms with Crippen LogP contribution in [-0.4, -0.2) is 36.5 Å². The molecule has 0 aliphatic carbocycles. The summed E-state index contributed by atoms with van der Waals surface area (Å²) in [6, 6.07) is 18.9. The molecule has 0 amide bonds. The van der Waals surface area contributed by atoms with Gasteiger partial charge < -0.3 is 10.2 Å². The summed E-state index contributed by atoms with van der Waals surface area (Å²) in [5.41, 5.74) is 4.96. The monoisotopic (exact) mass is 346 g/mol. The van der Waals surface area contributed by atoms with Crippen molar-refractivity contribution < 1.29 is 0 Å². The number of pyridine rings is 1. The Labute approximate surface area is 155 Å². The molecule has 2 aromatic carbocycles. The Bertz CT molecular complexity index is 896. The molecule has 0 spiro atoms. The highest BCUT2D eigenvalue weighted by Crippen LogP contribution is 2.16. The number of benzene rings is 2. The lowest BCUT2D eigenvalue weighted by Crippen LogP contribution is -2.39. The van der Waals surface area contributed by atoms with Gasteiger partial charge in [-0.05, 0) is 36.1 Å². The first-order valence-electron chi connectivity index (χ1n) is 8.98. The molecule has 0 aliphatic rings. The minimum absolute atomic E-state index is 0.820. The zero-order valence-corrected chi connectivity index (χ0v) is 15.7. The second-order valence-electron chi connectivity index (χ2n) is 6.50. The highest BCUT2D eigenvalue weighted by Gasteiger charge is 2.08. The van der Waals surface area contributed by atoms with E-state index in [0.717, 1.165) is 31.0 Å². The van der Waals surface area contributed by atoms with Crippen molar-refractivity contribution in [1.82, 2.24) is 15.2 Å². The number of hydrogen-bond donors (Lipinski definition) is 1. The Morgan fingerprint density at radius 1 is 1.04 bits per heavy atom. The maximum Gasteiger partial charge on any atom is 0.193 e. The minimum atomic E-state index is 0.820. The van der Waals surface area contributed by atoms with Crippen LogP contribution < -0.4 is 5.32 Å². The van der Waals surface area contributed by atoms with Gasteiger partial charge in [0, 0.05) is 38.8 Å². The zero-order chi connectivity index (χ0) is 18.4. The lowest BCUT2D eigenvalue weighted by molar-refractivity contribution is 0.476. The Morgan fingerprint density at radius 2 is 1.81 bits per heavy atom. The third-order valence-electron chi connectivity index (χ3n) is 4.64. The third kappa shape index (κ3) is 4.20. The normalized spacial score (nSPS) is 11.6. The fraction of sp³-hybridized carbons (Fsp3) is 0.273. The summed E-state index contributed by atoms with van der Waals surface area (Å²) in [5.74, 6) is 0.904. The van der Waals surface area contributed by atoms with Crippen LogP contribution >= 0.6 is 0 Å². The quantitative estimate of drug-likeness (QED) is 0.564.